The molecule has 20 heavy (non-hydrogen) atoms. The lowest BCUT2D eigenvalue weighted by molar-refractivity contribution is -0.143. The van der Waals surface area contributed by atoms with E-state index in [1.807, 2.05) is 6.79 Å². The molecule has 0 amide bonds. The van der Waals surface area contributed by atoms with Crippen LogP contribution in [0.15, 0.2) is 18.2 Å². The van der Waals surface area contributed by atoms with Gasteiger partial charge in [-0.3, -0.25) is 0 Å². The maximum Gasteiger partial charge on any atom is 0.416 e. The minimum atomic E-state index is -4.79. The smallest absolute Gasteiger partial charge is 0.316 e. The van der Waals surface area contributed by atoms with E-state index in [1.54, 1.807) is 0 Å². The summed E-state index contributed by atoms with van der Waals surface area (Å²) in [6.07, 6.45) is -9.58. The van der Waals surface area contributed by atoms with Gasteiger partial charge in [0.15, 0.2) is 0 Å². The summed E-state index contributed by atoms with van der Waals surface area (Å²) in [5, 5.41) is 2.51. The molecule has 1 rings (SSSR count). The molecule has 0 atom stereocenters. The van der Waals surface area contributed by atoms with Crippen LogP contribution in [0.25, 0.3) is 0 Å². The fourth-order valence-electron chi connectivity index (χ4n) is 1.33. The lowest BCUT2D eigenvalue weighted by Gasteiger charge is -2.13. The van der Waals surface area contributed by atoms with Crippen molar-refractivity contribution in [3.63, 3.8) is 0 Å². The van der Waals surface area contributed by atoms with Crippen molar-refractivity contribution in [1.29, 1.82) is 0 Å². The molecule has 0 fully saturated rings. The third-order valence-corrected chi connectivity index (χ3v) is 2.03. The molecule has 116 valence electrons. The fourth-order valence-corrected chi connectivity index (χ4v) is 1.33. The topological polar surface area (TPSA) is 29.1 Å². The van der Waals surface area contributed by atoms with Gasteiger partial charge in [-0.1, -0.05) is 0 Å². The highest BCUT2D eigenvalue weighted by Gasteiger charge is 2.36. The summed E-state index contributed by atoms with van der Waals surface area (Å²) in [6.45, 7) is 1.94. The average Bonchev–Trinajstić information content (AvgIpc) is 2.29. The summed E-state index contributed by atoms with van der Waals surface area (Å²) in [5.41, 5.74) is -2.65. The maximum atomic E-state index is 12.4. The summed E-state index contributed by atoms with van der Waals surface area (Å²) < 4.78 is 74.3. The highest BCUT2D eigenvalue weighted by Crippen LogP contribution is 2.36. The van der Waals surface area contributed by atoms with E-state index < -0.39 is 23.5 Å². The average molecular weight is 324 g/mol. The molecular weight excluding hydrogens is 312 g/mol. The van der Waals surface area contributed by atoms with Crippen LogP contribution in [0.2, 0.25) is 0 Å². The Bertz CT molecular complexity index is 386. The molecule has 1 aromatic rings. The fraction of sp³-hybridized carbons (Fsp3) is 0.364. The third-order valence-electron chi connectivity index (χ3n) is 2.03. The van der Waals surface area contributed by atoms with E-state index in [1.165, 1.54) is 7.05 Å². The van der Waals surface area contributed by atoms with Crippen LogP contribution in [0, 0.1) is 0 Å². The molecule has 0 saturated carbocycles. The number of benzene rings is 1. The minimum Gasteiger partial charge on any atom is -0.316 e. The zero-order chi connectivity index (χ0) is 15.3. The molecule has 0 aliphatic rings. The highest BCUT2D eigenvalue weighted by molar-refractivity contribution is 5.85. The molecule has 0 spiro atoms. The number of carbonyl (C=O) groups is 1. The van der Waals surface area contributed by atoms with E-state index in [4.69, 9.17) is 4.79 Å². The first-order valence-electron chi connectivity index (χ1n) is 4.86. The molecule has 0 aromatic heterocycles. The molecule has 1 aromatic carbocycles. The predicted octanol–water partition coefficient (Wildman–Crippen LogP) is 3.68. The first kappa shape index (κ1) is 21.0. The molecule has 0 aliphatic heterocycles. The van der Waals surface area contributed by atoms with Gasteiger partial charge in [-0.05, 0) is 30.8 Å². The standard InChI is InChI=1S/C10H9F6N.CH2O.ClH/c1-17-5-6-2-7(9(11,12)13)4-8(3-6)10(14,15)16;1-2;/h2-4,17H,5H2,1H3;1H2;1H. The van der Waals surface area contributed by atoms with E-state index in [0.717, 1.165) is 0 Å². The molecule has 0 radical (unpaired) electrons. The zero-order valence-electron chi connectivity index (χ0n) is 10.2. The minimum absolute atomic E-state index is 0. The number of hydrogen-bond acceptors (Lipinski definition) is 2. The molecule has 0 aliphatic carbocycles. The van der Waals surface area contributed by atoms with Gasteiger partial charge in [0.1, 0.15) is 6.79 Å². The Morgan fingerprint density at radius 1 is 0.950 bits per heavy atom. The molecule has 0 heterocycles. The van der Waals surface area contributed by atoms with Gasteiger partial charge in [0.2, 0.25) is 0 Å². The number of alkyl halides is 6. The van der Waals surface area contributed by atoms with Crippen molar-refractivity contribution in [2.45, 2.75) is 18.9 Å². The lowest BCUT2D eigenvalue weighted by atomic mass is 10.0. The summed E-state index contributed by atoms with van der Waals surface area (Å²) in [7, 11) is 1.44. The van der Waals surface area contributed by atoms with Crippen LogP contribution in [0.1, 0.15) is 16.7 Å². The van der Waals surface area contributed by atoms with Gasteiger partial charge in [0, 0.05) is 6.54 Å². The van der Waals surface area contributed by atoms with Gasteiger partial charge in [-0.25, -0.2) is 0 Å². The van der Waals surface area contributed by atoms with Gasteiger partial charge in [0.25, 0.3) is 0 Å². The molecule has 0 unspecified atom stereocenters. The third kappa shape index (κ3) is 6.25. The maximum absolute atomic E-state index is 12.4. The number of rotatable bonds is 2. The van der Waals surface area contributed by atoms with E-state index >= 15 is 0 Å². The zero-order valence-corrected chi connectivity index (χ0v) is 11.0. The van der Waals surface area contributed by atoms with Crippen LogP contribution in [0.4, 0.5) is 26.3 Å². The van der Waals surface area contributed by atoms with E-state index in [-0.39, 0.29) is 30.6 Å². The van der Waals surface area contributed by atoms with Gasteiger partial charge in [0.05, 0.1) is 11.1 Å². The van der Waals surface area contributed by atoms with Crippen LogP contribution in [-0.2, 0) is 23.7 Å². The summed E-state index contributed by atoms with van der Waals surface area (Å²) in [5.74, 6) is 0. The largest absolute Gasteiger partial charge is 0.416 e. The number of carbonyl (C=O) groups excluding carboxylic acids is 1. The van der Waals surface area contributed by atoms with Gasteiger partial charge in [-0.2, -0.15) is 26.3 Å². The molecular formula is C11H12ClF6NO. The van der Waals surface area contributed by atoms with Crippen molar-refractivity contribution in [2.75, 3.05) is 7.05 Å². The van der Waals surface area contributed by atoms with Crippen molar-refractivity contribution in [3.8, 4) is 0 Å². The van der Waals surface area contributed by atoms with Crippen LogP contribution in [-0.4, -0.2) is 13.8 Å². The normalized spacial score (nSPS) is 11.2. The summed E-state index contributed by atoms with van der Waals surface area (Å²) in [4.78, 5) is 8.00. The van der Waals surface area contributed by atoms with Gasteiger partial charge >= 0.3 is 12.4 Å². The van der Waals surface area contributed by atoms with Crippen molar-refractivity contribution in [2.24, 2.45) is 0 Å². The van der Waals surface area contributed by atoms with Crippen molar-refractivity contribution in [1.82, 2.24) is 5.32 Å². The monoisotopic (exact) mass is 323 g/mol. The molecule has 0 saturated heterocycles. The van der Waals surface area contributed by atoms with Gasteiger partial charge < -0.3 is 10.1 Å². The van der Waals surface area contributed by atoms with Crippen molar-refractivity contribution >= 4 is 19.2 Å². The molecule has 9 heteroatoms. The Balaban J connectivity index is 0. The molecule has 0 bridgehead atoms. The van der Waals surface area contributed by atoms with Crippen molar-refractivity contribution < 1.29 is 31.1 Å². The Labute approximate surface area is 117 Å². The van der Waals surface area contributed by atoms with Crippen LogP contribution in [0.3, 0.4) is 0 Å². The number of nitrogens with one attached hydrogen (secondary N) is 1. The van der Waals surface area contributed by atoms with Gasteiger partial charge in [-0.15, -0.1) is 12.4 Å². The van der Waals surface area contributed by atoms with Crippen molar-refractivity contribution in [3.05, 3.63) is 34.9 Å². The highest BCUT2D eigenvalue weighted by atomic mass is 35.5. The summed E-state index contributed by atoms with van der Waals surface area (Å²) in [6, 6.07) is 1.51. The second-order valence-corrected chi connectivity index (χ2v) is 3.44. The second kappa shape index (κ2) is 8.11. The summed E-state index contributed by atoms with van der Waals surface area (Å²) >= 11 is 0. The number of hydrogen-bond donors (Lipinski definition) is 1. The Kier molecular flexibility index (Phi) is 8.52. The predicted molar refractivity (Wildman–Crippen MR) is 63.6 cm³/mol. The number of halogens is 7. The lowest BCUT2D eigenvalue weighted by Crippen LogP contribution is -2.14. The Morgan fingerprint density at radius 2 is 1.30 bits per heavy atom. The van der Waals surface area contributed by atoms with E-state index in [0.29, 0.717) is 12.1 Å². The first-order valence-corrected chi connectivity index (χ1v) is 4.86. The van der Waals surface area contributed by atoms with E-state index in [2.05, 4.69) is 5.32 Å². The molecule has 1 N–H and O–H groups in total. The SMILES string of the molecule is C=O.CNCc1cc(C(F)(F)F)cc(C(F)(F)F)c1.Cl. The van der Waals surface area contributed by atoms with Crippen LogP contribution >= 0.6 is 12.4 Å². The Hall–Kier alpha value is -1.28. The van der Waals surface area contributed by atoms with Crippen LogP contribution in [0.5, 0.6) is 0 Å². The first-order chi connectivity index (χ1) is 8.64. The van der Waals surface area contributed by atoms with Crippen LogP contribution < -0.4 is 5.32 Å². The second-order valence-electron chi connectivity index (χ2n) is 3.44. The van der Waals surface area contributed by atoms with E-state index in [9.17, 15) is 26.3 Å². The molecule has 2 nitrogen and oxygen atoms in total. The quantitative estimate of drug-likeness (QED) is 0.841. The Morgan fingerprint density at radius 3 is 1.55 bits per heavy atom.